The average molecular weight is 721 g/mol. The van der Waals surface area contributed by atoms with Crippen LogP contribution in [-0.4, -0.2) is 10.3 Å². The van der Waals surface area contributed by atoms with Crippen LogP contribution >= 0.6 is 0 Å². The molecule has 4 nitrogen and oxygen atoms in total. The third-order valence-electron chi connectivity index (χ3n) is 12.7. The van der Waals surface area contributed by atoms with Crippen molar-refractivity contribution in [2.75, 3.05) is 4.90 Å². The first-order chi connectivity index (χ1) is 26.6. The van der Waals surface area contributed by atoms with Gasteiger partial charge in [0.15, 0.2) is 0 Å². The number of fused-ring (bicyclic) bond motifs is 7. The van der Waals surface area contributed by atoms with Crippen LogP contribution in [0.5, 0.6) is 0 Å². The monoisotopic (exact) mass is 720 g/mol. The summed E-state index contributed by atoms with van der Waals surface area (Å²) in [6.07, 6.45) is 23.8. The van der Waals surface area contributed by atoms with E-state index in [2.05, 4.69) is 178 Å². The van der Waals surface area contributed by atoms with Crippen LogP contribution in [0.2, 0.25) is 0 Å². The van der Waals surface area contributed by atoms with Crippen molar-refractivity contribution in [3.05, 3.63) is 167 Å². The molecule has 9 rings (SSSR count). The number of hydrogen-bond donors (Lipinski definition) is 2. The quantitative estimate of drug-likeness (QED) is 0.157. The van der Waals surface area contributed by atoms with Crippen molar-refractivity contribution in [1.82, 2.24) is 4.57 Å². The first-order valence-electron chi connectivity index (χ1n) is 20.2. The van der Waals surface area contributed by atoms with Gasteiger partial charge < -0.3 is 20.6 Å². The fourth-order valence-electron chi connectivity index (χ4n) is 9.89. The molecule has 5 aromatic rings. The Labute approximate surface area is 326 Å². The molecular formula is C51H52N4. The molecule has 1 heterocycles. The van der Waals surface area contributed by atoms with E-state index in [4.69, 9.17) is 11.1 Å². The van der Waals surface area contributed by atoms with Gasteiger partial charge in [-0.05, 0) is 113 Å². The van der Waals surface area contributed by atoms with E-state index in [0.29, 0.717) is 24.0 Å². The summed E-state index contributed by atoms with van der Waals surface area (Å²) in [5.74, 6) is 0.863. The Balaban J connectivity index is 1.32. The van der Waals surface area contributed by atoms with Crippen LogP contribution in [0, 0.1) is 18.3 Å². The van der Waals surface area contributed by atoms with Gasteiger partial charge in [0.2, 0.25) is 0 Å². The maximum atomic E-state index is 8.98. The van der Waals surface area contributed by atoms with Crippen LogP contribution in [0.15, 0.2) is 133 Å². The van der Waals surface area contributed by atoms with Gasteiger partial charge in [-0.25, -0.2) is 0 Å². The van der Waals surface area contributed by atoms with Crippen LogP contribution in [0.25, 0.3) is 28.1 Å². The molecule has 3 N–H and O–H groups in total. The van der Waals surface area contributed by atoms with Gasteiger partial charge in [0.1, 0.15) is 0 Å². The Morgan fingerprint density at radius 2 is 1.67 bits per heavy atom. The van der Waals surface area contributed by atoms with Crippen LogP contribution in [0.3, 0.4) is 0 Å². The lowest BCUT2D eigenvalue weighted by atomic mass is 9.79. The van der Waals surface area contributed by atoms with Crippen molar-refractivity contribution >= 4 is 39.8 Å². The summed E-state index contributed by atoms with van der Waals surface area (Å²) >= 11 is 0. The zero-order valence-corrected chi connectivity index (χ0v) is 32.8. The number of nitrogens with one attached hydrogen (secondary N) is 1. The van der Waals surface area contributed by atoms with E-state index in [9.17, 15) is 0 Å². The Morgan fingerprint density at radius 1 is 0.891 bits per heavy atom. The first-order valence-corrected chi connectivity index (χ1v) is 20.2. The van der Waals surface area contributed by atoms with E-state index in [1.165, 1.54) is 55.7 Å². The molecule has 4 aliphatic rings. The largest absolute Gasteiger partial charge is 0.333 e. The molecule has 4 aliphatic carbocycles. The number of nitrogens with two attached hydrogens (primary N) is 1. The Bertz CT molecular complexity index is 2500. The fraction of sp³-hybridized carbons (Fsp3) is 0.275. The maximum Gasteiger partial charge on any atom is 0.0594 e. The molecule has 0 radical (unpaired) electrons. The van der Waals surface area contributed by atoms with Gasteiger partial charge >= 0.3 is 0 Å². The zero-order valence-electron chi connectivity index (χ0n) is 32.8. The average Bonchev–Trinajstić information content (AvgIpc) is 3.67. The molecule has 0 saturated heterocycles. The summed E-state index contributed by atoms with van der Waals surface area (Å²) in [6.45, 7) is 11.8. The number of hydrogen-bond acceptors (Lipinski definition) is 3. The molecule has 0 amide bonds. The van der Waals surface area contributed by atoms with Crippen molar-refractivity contribution in [2.24, 2.45) is 11.7 Å². The smallest absolute Gasteiger partial charge is 0.0594 e. The molecule has 0 aliphatic heterocycles. The van der Waals surface area contributed by atoms with E-state index in [1.54, 1.807) is 0 Å². The summed E-state index contributed by atoms with van der Waals surface area (Å²) in [6, 6.07) is 28.7. The van der Waals surface area contributed by atoms with Gasteiger partial charge in [-0.3, -0.25) is 0 Å². The van der Waals surface area contributed by atoms with Gasteiger partial charge in [-0.15, -0.1) is 0 Å². The number of nitrogens with zero attached hydrogens (tertiary/aromatic N) is 2. The fourth-order valence-corrected chi connectivity index (χ4v) is 9.89. The Hall–Kier alpha value is -5.45. The lowest BCUT2D eigenvalue weighted by Crippen LogP contribution is -2.20. The minimum atomic E-state index is -0.308. The van der Waals surface area contributed by atoms with E-state index >= 15 is 0 Å². The third-order valence-corrected chi connectivity index (χ3v) is 12.7. The van der Waals surface area contributed by atoms with Crippen molar-refractivity contribution in [3.8, 4) is 11.1 Å². The number of anilines is 3. The number of rotatable bonds is 8. The van der Waals surface area contributed by atoms with Gasteiger partial charge in [0.25, 0.3) is 0 Å². The Kier molecular flexibility index (Phi) is 8.78. The minimum absolute atomic E-state index is 0.191. The van der Waals surface area contributed by atoms with Crippen molar-refractivity contribution in [3.63, 3.8) is 0 Å². The molecule has 0 spiro atoms. The van der Waals surface area contributed by atoms with Gasteiger partial charge in [-0.1, -0.05) is 131 Å². The molecule has 55 heavy (non-hydrogen) atoms. The molecule has 4 atom stereocenters. The third kappa shape index (κ3) is 5.73. The number of benzene rings is 4. The molecule has 0 bridgehead atoms. The second-order valence-corrected chi connectivity index (χ2v) is 16.7. The second-order valence-electron chi connectivity index (χ2n) is 16.7. The van der Waals surface area contributed by atoms with E-state index in [1.807, 2.05) is 0 Å². The van der Waals surface area contributed by atoms with E-state index in [0.717, 1.165) is 41.8 Å². The molecule has 4 aromatic carbocycles. The summed E-state index contributed by atoms with van der Waals surface area (Å²) in [7, 11) is 0. The molecule has 276 valence electrons. The molecule has 4 heteroatoms. The highest BCUT2D eigenvalue weighted by Crippen LogP contribution is 2.59. The minimum Gasteiger partial charge on any atom is -0.333 e. The predicted octanol–water partition coefficient (Wildman–Crippen LogP) is 13.2. The maximum absolute atomic E-state index is 8.98. The SMILES string of the molecule is Cc1c2c(c3c(c4c(n3C3C=CC=CC3)C=CCC4C)c1N(c1ccccc1)c1cccc(C(N)CC(=N)C3=CCC(C)C=C3)c1)C(C)(C)c1ccccc1-2. The van der Waals surface area contributed by atoms with Crippen LogP contribution in [0.4, 0.5) is 17.1 Å². The lowest BCUT2D eigenvalue weighted by Gasteiger charge is -2.32. The molecule has 0 saturated carbocycles. The molecule has 1 aromatic heterocycles. The van der Waals surface area contributed by atoms with E-state index in [-0.39, 0.29) is 17.5 Å². The summed E-state index contributed by atoms with van der Waals surface area (Å²) < 4.78 is 2.70. The number of allylic oxidation sites excluding steroid dienone is 9. The highest BCUT2D eigenvalue weighted by atomic mass is 15.2. The van der Waals surface area contributed by atoms with Gasteiger partial charge in [-0.2, -0.15) is 0 Å². The summed E-state index contributed by atoms with van der Waals surface area (Å²) in [4.78, 5) is 2.51. The summed E-state index contributed by atoms with van der Waals surface area (Å²) in [5, 5.41) is 10.3. The number of para-hydroxylation sites is 1. The Morgan fingerprint density at radius 3 is 2.44 bits per heavy atom. The van der Waals surface area contributed by atoms with E-state index < -0.39 is 0 Å². The normalized spacial score (nSPS) is 20.9. The topological polar surface area (TPSA) is 58.0 Å². The number of aromatic nitrogens is 1. The van der Waals surface area contributed by atoms with Crippen LogP contribution in [-0.2, 0) is 5.41 Å². The molecule has 4 unspecified atom stereocenters. The predicted molar refractivity (Wildman–Crippen MR) is 233 cm³/mol. The van der Waals surface area contributed by atoms with Crippen LogP contribution in [0.1, 0.15) is 105 Å². The standard InChI is InChI=1S/C51H52N4/c1-32-26-28-35(29-27-32)42(52)31-43(53)36-17-15-22-39(30-36)54(37-18-8-6-9-19-37)49-34(3)46-40-23-12-13-24-41(40)51(4,5)48(46)50-47(49)45-33(2)16-14-25-44(45)55(50)38-20-10-7-11-21-38/h6-15,17-20,22-26,28-30,32-33,38,43,52H,16,21,27,31,53H2,1-5H3. The molecular weight excluding hydrogens is 669 g/mol. The van der Waals surface area contributed by atoms with Crippen molar-refractivity contribution in [1.29, 1.82) is 5.41 Å². The van der Waals surface area contributed by atoms with Crippen molar-refractivity contribution < 1.29 is 0 Å². The lowest BCUT2D eigenvalue weighted by molar-refractivity contribution is 0.605. The molecule has 0 fully saturated rings. The zero-order chi connectivity index (χ0) is 38.0. The second kappa shape index (κ2) is 13.7. The highest BCUT2D eigenvalue weighted by molar-refractivity contribution is 6.11. The van der Waals surface area contributed by atoms with Crippen LogP contribution < -0.4 is 10.6 Å². The van der Waals surface area contributed by atoms with Gasteiger partial charge in [0.05, 0.1) is 17.2 Å². The van der Waals surface area contributed by atoms with Crippen molar-refractivity contribution in [2.45, 2.75) is 83.7 Å². The van der Waals surface area contributed by atoms with Gasteiger partial charge in [0, 0.05) is 46.0 Å². The first kappa shape index (κ1) is 35.3. The highest BCUT2D eigenvalue weighted by Gasteiger charge is 2.43. The summed E-state index contributed by atoms with van der Waals surface area (Å²) in [5.41, 5.74) is 23.8.